The zero-order chi connectivity index (χ0) is 9.42. The fraction of sp³-hybridized carbons (Fsp3) is 0.375. The zero-order valence-corrected chi connectivity index (χ0v) is 8.65. The van der Waals surface area contributed by atoms with Crippen molar-refractivity contribution in [2.45, 2.75) is 12.4 Å². The summed E-state index contributed by atoms with van der Waals surface area (Å²) >= 11 is 7.23. The summed E-state index contributed by atoms with van der Waals surface area (Å²) in [6.45, 7) is 1.92. The zero-order valence-electron chi connectivity index (χ0n) is 7.08. The highest BCUT2D eigenvalue weighted by Gasteiger charge is 2.32. The quantitative estimate of drug-likeness (QED) is 0.674. The number of nitrogens with zero attached hydrogens (tertiary/aromatic N) is 1. The summed E-state index contributed by atoms with van der Waals surface area (Å²) in [7, 11) is 0. The van der Waals surface area contributed by atoms with Crippen molar-refractivity contribution in [1.29, 1.82) is 0 Å². The van der Waals surface area contributed by atoms with Crippen LogP contribution in [0.4, 0.5) is 0 Å². The van der Waals surface area contributed by atoms with Crippen molar-refractivity contribution in [3.63, 3.8) is 0 Å². The van der Waals surface area contributed by atoms with Crippen molar-refractivity contribution in [1.82, 2.24) is 10.2 Å². The lowest BCUT2D eigenvalue weighted by Crippen LogP contribution is -2.46. The number of allylic oxidation sites excluding steroid dienone is 2. The predicted molar refractivity (Wildman–Crippen MR) is 53.9 cm³/mol. The molecule has 0 spiro atoms. The Morgan fingerprint density at radius 2 is 2.54 bits per heavy atom. The largest absolute Gasteiger partial charge is 0.358 e. The molecule has 13 heavy (non-hydrogen) atoms. The highest BCUT2D eigenvalue weighted by molar-refractivity contribution is 8.02. The van der Waals surface area contributed by atoms with Crippen molar-refractivity contribution in [2.75, 3.05) is 5.88 Å². The fourth-order valence-electron chi connectivity index (χ4n) is 1.35. The maximum Gasteiger partial charge on any atom is 0.254 e. The van der Waals surface area contributed by atoms with E-state index >= 15 is 0 Å². The summed E-state index contributed by atoms with van der Waals surface area (Å²) in [4.78, 5) is 13.3. The minimum Gasteiger partial charge on any atom is -0.358 e. The van der Waals surface area contributed by atoms with Gasteiger partial charge in [-0.15, -0.1) is 11.6 Å². The Morgan fingerprint density at radius 1 is 1.77 bits per heavy atom. The van der Waals surface area contributed by atoms with E-state index in [4.69, 9.17) is 11.6 Å². The molecule has 2 aliphatic rings. The normalized spacial score (nSPS) is 26.5. The Morgan fingerprint density at radius 3 is 3.23 bits per heavy atom. The van der Waals surface area contributed by atoms with E-state index in [-0.39, 0.29) is 11.4 Å². The summed E-state index contributed by atoms with van der Waals surface area (Å²) in [5, 5.41) is 5.14. The average molecular weight is 217 g/mol. The molecule has 0 fully saturated rings. The Hall–Kier alpha value is -0.610. The van der Waals surface area contributed by atoms with Gasteiger partial charge in [-0.2, -0.15) is 0 Å². The molecule has 2 aliphatic heterocycles. The van der Waals surface area contributed by atoms with Crippen LogP contribution >= 0.6 is 23.4 Å². The smallest absolute Gasteiger partial charge is 0.254 e. The van der Waals surface area contributed by atoms with E-state index < -0.39 is 0 Å². The molecule has 0 bridgehead atoms. The number of thioether (sulfide) groups is 1. The highest BCUT2D eigenvalue weighted by atomic mass is 35.5. The summed E-state index contributed by atoms with van der Waals surface area (Å²) in [6, 6.07) is 0. The molecule has 1 unspecified atom stereocenters. The first kappa shape index (κ1) is 8.97. The van der Waals surface area contributed by atoms with Crippen LogP contribution in [-0.4, -0.2) is 22.2 Å². The monoisotopic (exact) mass is 216 g/mol. The van der Waals surface area contributed by atoms with Gasteiger partial charge in [-0.25, -0.2) is 0 Å². The lowest BCUT2D eigenvalue weighted by molar-refractivity contribution is -0.125. The topological polar surface area (TPSA) is 32.3 Å². The third-order valence-electron chi connectivity index (χ3n) is 1.97. The molecule has 70 valence electrons. The van der Waals surface area contributed by atoms with Crippen LogP contribution in [0.3, 0.4) is 0 Å². The van der Waals surface area contributed by atoms with Gasteiger partial charge in [-0.1, -0.05) is 11.8 Å². The molecule has 1 amide bonds. The number of carbonyl (C=O) groups excluding carboxylic acids is 1. The van der Waals surface area contributed by atoms with Gasteiger partial charge in [-0.05, 0) is 12.3 Å². The van der Waals surface area contributed by atoms with Gasteiger partial charge in [0, 0.05) is 17.5 Å². The molecule has 1 atom stereocenters. The van der Waals surface area contributed by atoms with E-state index in [0.717, 1.165) is 11.4 Å². The molecule has 5 heteroatoms. The van der Waals surface area contributed by atoms with Crippen LogP contribution in [-0.2, 0) is 4.79 Å². The molecule has 0 aromatic rings. The second-order valence-electron chi connectivity index (χ2n) is 2.90. The molecule has 0 saturated carbocycles. The molecular weight excluding hydrogens is 208 g/mol. The number of nitrogens with one attached hydrogen (secondary N) is 1. The maximum absolute atomic E-state index is 11.6. The first-order chi connectivity index (χ1) is 6.22. The average Bonchev–Trinajstić information content (AvgIpc) is 2.48. The molecule has 0 saturated heterocycles. The fourth-order valence-corrected chi connectivity index (χ4v) is 2.55. The third kappa shape index (κ3) is 1.44. The van der Waals surface area contributed by atoms with Gasteiger partial charge < -0.3 is 5.32 Å². The minimum atomic E-state index is 0.00579. The first-order valence-electron chi connectivity index (χ1n) is 3.91. The molecule has 0 aromatic heterocycles. The van der Waals surface area contributed by atoms with Crippen LogP contribution in [0.5, 0.6) is 0 Å². The number of hydrogen-bond donors (Lipinski definition) is 1. The number of halogens is 1. The molecule has 2 heterocycles. The van der Waals surface area contributed by atoms with E-state index in [0.29, 0.717) is 5.88 Å². The van der Waals surface area contributed by atoms with Crippen LogP contribution in [0.2, 0.25) is 0 Å². The Balaban J connectivity index is 2.25. The van der Waals surface area contributed by atoms with Gasteiger partial charge in [0.25, 0.3) is 5.91 Å². The van der Waals surface area contributed by atoms with Gasteiger partial charge in [0.15, 0.2) is 5.50 Å². The SMILES string of the molecule is CC1=CSC2NC(CCl)=CC(=O)N12. The van der Waals surface area contributed by atoms with Crippen molar-refractivity contribution in [3.05, 3.63) is 22.9 Å². The van der Waals surface area contributed by atoms with Crippen molar-refractivity contribution >= 4 is 29.3 Å². The summed E-state index contributed by atoms with van der Waals surface area (Å²) in [6.07, 6.45) is 1.55. The number of amides is 1. The number of hydrogen-bond acceptors (Lipinski definition) is 3. The van der Waals surface area contributed by atoms with E-state index in [2.05, 4.69) is 5.32 Å². The highest BCUT2D eigenvalue weighted by Crippen LogP contribution is 2.31. The van der Waals surface area contributed by atoms with Gasteiger partial charge >= 0.3 is 0 Å². The van der Waals surface area contributed by atoms with Crippen LogP contribution in [0.1, 0.15) is 6.92 Å². The summed E-state index contributed by atoms with van der Waals surface area (Å²) < 4.78 is 0. The van der Waals surface area contributed by atoms with E-state index in [1.807, 2.05) is 12.3 Å². The van der Waals surface area contributed by atoms with Crippen molar-refractivity contribution in [3.8, 4) is 0 Å². The Bertz CT molecular complexity index is 313. The van der Waals surface area contributed by atoms with Gasteiger partial charge in [0.2, 0.25) is 0 Å². The van der Waals surface area contributed by atoms with E-state index in [1.54, 1.807) is 22.7 Å². The lowest BCUT2D eigenvalue weighted by atomic mass is 10.3. The third-order valence-corrected chi connectivity index (χ3v) is 3.32. The van der Waals surface area contributed by atoms with Crippen LogP contribution < -0.4 is 5.32 Å². The molecule has 3 nitrogen and oxygen atoms in total. The standard InChI is InChI=1S/C8H9ClN2OS/c1-5-4-13-8-10-6(3-9)2-7(12)11(5)8/h2,4,8,10H,3H2,1H3. The van der Waals surface area contributed by atoms with Crippen LogP contribution in [0.15, 0.2) is 22.9 Å². The lowest BCUT2D eigenvalue weighted by Gasteiger charge is -2.30. The molecule has 0 aliphatic carbocycles. The Labute approximate surface area is 85.8 Å². The second-order valence-corrected chi connectivity index (χ2v) is 4.13. The van der Waals surface area contributed by atoms with Crippen molar-refractivity contribution < 1.29 is 4.79 Å². The second kappa shape index (κ2) is 3.27. The first-order valence-corrected chi connectivity index (χ1v) is 5.38. The molecular formula is C8H9ClN2OS. The number of alkyl halides is 1. The van der Waals surface area contributed by atoms with Gasteiger partial charge in [0.1, 0.15) is 0 Å². The summed E-state index contributed by atoms with van der Waals surface area (Å²) in [5.74, 6) is 0.369. The predicted octanol–water partition coefficient (Wildman–Crippen LogP) is 1.43. The van der Waals surface area contributed by atoms with Crippen molar-refractivity contribution in [2.24, 2.45) is 0 Å². The number of carbonyl (C=O) groups is 1. The van der Waals surface area contributed by atoms with Gasteiger partial charge in [0.05, 0.1) is 5.88 Å². The molecule has 0 aromatic carbocycles. The van der Waals surface area contributed by atoms with E-state index in [9.17, 15) is 4.79 Å². The minimum absolute atomic E-state index is 0.00579. The van der Waals surface area contributed by atoms with E-state index in [1.165, 1.54) is 0 Å². The molecule has 2 rings (SSSR count). The van der Waals surface area contributed by atoms with Crippen LogP contribution in [0, 0.1) is 0 Å². The molecule has 1 N–H and O–H groups in total. The Kier molecular flexibility index (Phi) is 2.26. The van der Waals surface area contributed by atoms with Gasteiger partial charge in [-0.3, -0.25) is 9.69 Å². The molecule has 0 radical (unpaired) electrons. The number of fused-ring (bicyclic) bond motifs is 1. The van der Waals surface area contributed by atoms with Crippen LogP contribution in [0.25, 0.3) is 0 Å². The maximum atomic E-state index is 11.6. The summed E-state index contributed by atoms with van der Waals surface area (Å²) in [5.41, 5.74) is 1.78. The number of rotatable bonds is 1.